The van der Waals surface area contributed by atoms with Gasteiger partial charge in [0.1, 0.15) is 12.0 Å². The van der Waals surface area contributed by atoms with E-state index in [1.807, 2.05) is 20.3 Å². The van der Waals surface area contributed by atoms with E-state index in [9.17, 15) is 0 Å². The van der Waals surface area contributed by atoms with Gasteiger partial charge in [-0.25, -0.2) is 14.5 Å². The summed E-state index contributed by atoms with van der Waals surface area (Å²) in [5.74, 6) is 0.591. The van der Waals surface area contributed by atoms with Gasteiger partial charge in [-0.1, -0.05) is 0 Å². The number of nitrogens with zero attached hydrogens (tertiary/aromatic N) is 8. The van der Waals surface area contributed by atoms with Gasteiger partial charge < -0.3 is 0 Å². The largest absolute Gasteiger partial charge is 0.274 e. The molecule has 8 nitrogen and oxygen atoms in total. The molecule has 0 fully saturated rings. The molecule has 0 amide bonds. The Labute approximate surface area is 126 Å². The van der Waals surface area contributed by atoms with Gasteiger partial charge in [-0.3, -0.25) is 9.36 Å². The summed E-state index contributed by atoms with van der Waals surface area (Å²) in [6.45, 7) is 0. The van der Waals surface area contributed by atoms with E-state index < -0.39 is 0 Å². The quantitative estimate of drug-likeness (QED) is 0.461. The first-order valence-electron chi connectivity index (χ1n) is 5.86. The van der Waals surface area contributed by atoms with Gasteiger partial charge in [0.15, 0.2) is 11.3 Å². The zero-order chi connectivity index (χ0) is 13.9. The molecule has 0 atom stereocenters. The smallest absolute Gasteiger partial charge is 0.203 e. The molecule has 0 aliphatic heterocycles. The molecule has 0 saturated heterocycles. The summed E-state index contributed by atoms with van der Waals surface area (Å²) in [7, 11) is 3.73. The van der Waals surface area contributed by atoms with Crippen LogP contribution in [0, 0.1) is 3.57 Å². The molecule has 0 radical (unpaired) electrons. The molecule has 4 aromatic rings. The van der Waals surface area contributed by atoms with Crippen molar-refractivity contribution < 1.29 is 0 Å². The fourth-order valence-corrected chi connectivity index (χ4v) is 2.90. The average Bonchev–Trinajstić information content (AvgIpc) is 3.06. The van der Waals surface area contributed by atoms with E-state index in [1.165, 1.54) is 0 Å². The molecule has 0 aliphatic rings. The summed E-state index contributed by atoms with van der Waals surface area (Å²) in [4.78, 5) is 8.91. The molecule has 0 aromatic carbocycles. The molecule has 20 heavy (non-hydrogen) atoms. The predicted molar refractivity (Wildman–Crippen MR) is 80.0 cm³/mol. The minimum Gasteiger partial charge on any atom is -0.274 e. The highest BCUT2D eigenvalue weighted by Crippen LogP contribution is 2.23. The van der Waals surface area contributed by atoms with Crippen molar-refractivity contribution in [3.8, 4) is 11.5 Å². The normalized spacial score (nSPS) is 11.8. The van der Waals surface area contributed by atoms with E-state index >= 15 is 0 Å². The van der Waals surface area contributed by atoms with Crippen LogP contribution >= 0.6 is 22.6 Å². The van der Waals surface area contributed by atoms with Gasteiger partial charge >= 0.3 is 0 Å². The third-order valence-electron chi connectivity index (χ3n) is 3.06. The lowest BCUT2D eigenvalue weighted by atomic mass is 10.4. The number of halogens is 1. The maximum Gasteiger partial charge on any atom is 0.203 e. The van der Waals surface area contributed by atoms with Crippen LogP contribution in [0.15, 0.2) is 18.7 Å². The average molecular weight is 380 g/mol. The third-order valence-corrected chi connectivity index (χ3v) is 3.85. The van der Waals surface area contributed by atoms with Crippen LogP contribution < -0.4 is 0 Å². The van der Waals surface area contributed by atoms with Crippen molar-refractivity contribution in [2.24, 2.45) is 14.1 Å². The van der Waals surface area contributed by atoms with Gasteiger partial charge in [0, 0.05) is 20.3 Å². The van der Waals surface area contributed by atoms with Crippen molar-refractivity contribution in [2.45, 2.75) is 0 Å². The van der Waals surface area contributed by atoms with Crippen LogP contribution in [-0.4, -0.2) is 39.1 Å². The molecule has 0 bridgehead atoms. The number of aromatic nitrogens is 8. The van der Waals surface area contributed by atoms with Gasteiger partial charge in [0.25, 0.3) is 0 Å². The molecular formula is C11H9IN8. The fraction of sp³-hybridized carbons (Fsp3) is 0.182. The van der Waals surface area contributed by atoms with E-state index in [2.05, 4.69) is 47.9 Å². The first-order valence-corrected chi connectivity index (χ1v) is 6.94. The molecule has 0 unspecified atom stereocenters. The monoisotopic (exact) mass is 380 g/mol. The van der Waals surface area contributed by atoms with Crippen molar-refractivity contribution in [1.82, 2.24) is 39.1 Å². The minimum absolute atomic E-state index is 0.591. The molecule has 4 aromatic heterocycles. The van der Waals surface area contributed by atoms with Crippen LogP contribution in [0.1, 0.15) is 0 Å². The Morgan fingerprint density at radius 1 is 1.15 bits per heavy atom. The zero-order valence-electron chi connectivity index (χ0n) is 10.7. The lowest BCUT2D eigenvalue weighted by Gasteiger charge is -1.93. The summed E-state index contributed by atoms with van der Waals surface area (Å²) in [6, 6.07) is 0. The van der Waals surface area contributed by atoms with Crippen molar-refractivity contribution >= 4 is 39.3 Å². The summed E-state index contributed by atoms with van der Waals surface area (Å²) in [5, 5.41) is 13.9. The Balaban J connectivity index is 2.03. The third kappa shape index (κ3) is 1.55. The number of fused-ring (bicyclic) bond motifs is 3. The molecule has 4 heterocycles. The van der Waals surface area contributed by atoms with Crippen LogP contribution in [0.2, 0.25) is 0 Å². The van der Waals surface area contributed by atoms with Crippen molar-refractivity contribution in [3.63, 3.8) is 0 Å². The van der Waals surface area contributed by atoms with Gasteiger partial charge in [-0.15, -0.1) is 5.10 Å². The number of hydrogen-bond acceptors (Lipinski definition) is 5. The second-order valence-electron chi connectivity index (χ2n) is 4.45. The summed E-state index contributed by atoms with van der Waals surface area (Å²) in [6.07, 6.45) is 5.32. The Bertz CT molecular complexity index is 946. The van der Waals surface area contributed by atoms with Crippen LogP contribution in [0.3, 0.4) is 0 Å². The summed E-state index contributed by atoms with van der Waals surface area (Å²) < 4.78 is 6.13. The SMILES string of the molecule is Cn1cc(I)c(-c2nc3c4cnn(C)c4ncn3n2)n1. The number of aryl methyl sites for hydroxylation is 2. The lowest BCUT2D eigenvalue weighted by Crippen LogP contribution is -1.95. The van der Waals surface area contributed by atoms with Crippen LogP contribution in [0.4, 0.5) is 0 Å². The highest BCUT2D eigenvalue weighted by molar-refractivity contribution is 14.1. The van der Waals surface area contributed by atoms with Crippen LogP contribution in [-0.2, 0) is 14.1 Å². The van der Waals surface area contributed by atoms with E-state index in [4.69, 9.17) is 0 Å². The van der Waals surface area contributed by atoms with Crippen LogP contribution in [0.25, 0.3) is 28.2 Å². The Morgan fingerprint density at radius 3 is 2.75 bits per heavy atom. The minimum atomic E-state index is 0.591. The first-order chi connectivity index (χ1) is 9.63. The van der Waals surface area contributed by atoms with Gasteiger partial charge in [-0.05, 0) is 22.6 Å². The number of rotatable bonds is 1. The van der Waals surface area contributed by atoms with Gasteiger partial charge in [0.05, 0.1) is 15.2 Å². The molecular weight excluding hydrogens is 371 g/mol. The van der Waals surface area contributed by atoms with Gasteiger partial charge in [-0.2, -0.15) is 10.2 Å². The predicted octanol–water partition coefficient (Wildman–Crippen LogP) is 1.02. The maximum absolute atomic E-state index is 4.58. The Kier molecular flexibility index (Phi) is 2.34. The van der Waals surface area contributed by atoms with Crippen molar-refractivity contribution in [3.05, 3.63) is 22.3 Å². The van der Waals surface area contributed by atoms with E-state index in [1.54, 1.807) is 26.4 Å². The Hall–Kier alpha value is -2.04. The second kappa shape index (κ2) is 3.98. The van der Waals surface area contributed by atoms with Crippen molar-refractivity contribution in [1.29, 1.82) is 0 Å². The summed E-state index contributed by atoms with van der Waals surface area (Å²) in [5.41, 5.74) is 2.29. The zero-order valence-corrected chi connectivity index (χ0v) is 12.8. The van der Waals surface area contributed by atoms with E-state index in [0.29, 0.717) is 5.82 Å². The standard InChI is InChI=1S/C11H9IN8/c1-18-4-7(12)8(16-18)9-15-11-6-3-14-19(2)10(6)13-5-20(11)17-9/h3-5H,1-2H3. The highest BCUT2D eigenvalue weighted by atomic mass is 127. The molecule has 0 N–H and O–H groups in total. The van der Waals surface area contributed by atoms with E-state index in [0.717, 1.165) is 25.9 Å². The molecule has 9 heteroatoms. The van der Waals surface area contributed by atoms with E-state index in [-0.39, 0.29) is 0 Å². The first kappa shape index (κ1) is 11.8. The maximum atomic E-state index is 4.58. The number of hydrogen-bond donors (Lipinski definition) is 0. The molecule has 0 spiro atoms. The molecule has 0 saturated carbocycles. The Morgan fingerprint density at radius 2 is 2.00 bits per heavy atom. The van der Waals surface area contributed by atoms with Crippen molar-refractivity contribution in [2.75, 3.05) is 0 Å². The highest BCUT2D eigenvalue weighted by Gasteiger charge is 2.16. The second-order valence-corrected chi connectivity index (χ2v) is 5.62. The lowest BCUT2D eigenvalue weighted by molar-refractivity contribution is 0.767. The van der Waals surface area contributed by atoms with Gasteiger partial charge in [0.2, 0.25) is 5.82 Å². The molecule has 100 valence electrons. The molecule has 0 aliphatic carbocycles. The topological polar surface area (TPSA) is 78.7 Å². The van der Waals surface area contributed by atoms with Crippen LogP contribution in [0.5, 0.6) is 0 Å². The fourth-order valence-electron chi connectivity index (χ4n) is 2.15. The summed E-state index contributed by atoms with van der Waals surface area (Å²) >= 11 is 2.23. The molecule has 4 rings (SSSR count).